The van der Waals surface area contributed by atoms with Crippen LogP contribution in [0.25, 0.3) is 10.2 Å². The van der Waals surface area contributed by atoms with Crippen LogP contribution in [0.15, 0.2) is 18.5 Å². The smallest absolute Gasteiger partial charge is 0.226 e. The van der Waals surface area contributed by atoms with Crippen molar-refractivity contribution in [3.8, 4) is 5.75 Å². The van der Waals surface area contributed by atoms with Crippen molar-refractivity contribution < 1.29 is 14.6 Å². The highest BCUT2D eigenvalue weighted by atomic mass is 32.1. The largest absolute Gasteiger partial charge is 0.494 e. The number of methoxy groups -OCH3 is 1. The predicted octanol–water partition coefficient (Wildman–Crippen LogP) is 2.72. The van der Waals surface area contributed by atoms with Crippen LogP contribution in [0.5, 0.6) is 5.75 Å². The van der Waals surface area contributed by atoms with Crippen LogP contribution in [0.1, 0.15) is 29.3 Å². The van der Waals surface area contributed by atoms with Crippen molar-refractivity contribution >= 4 is 50.9 Å². The summed E-state index contributed by atoms with van der Waals surface area (Å²) in [6.07, 6.45) is 4.93. The van der Waals surface area contributed by atoms with Crippen molar-refractivity contribution in [2.45, 2.75) is 31.8 Å². The number of likely N-dealkylation sites (tertiary alicyclic amines) is 1. The summed E-state index contributed by atoms with van der Waals surface area (Å²) in [5.41, 5.74) is 8.13. The molecule has 5 rings (SSSR count). The minimum absolute atomic E-state index is 0.0710. The van der Waals surface area contributed by atoms with E-state index in [0.717, 1.165) is 27.9 Å². The standard InChI is InChI=1S/C23H26N6O3S/c1-23(31)9-29(10-23)22(30)12-3-4-14-18(6-12)33-21-19(14)20(26-11-27-21)28-16-5-13(8-24)15(25)7-17(16)32-2/h5,7-8,11-12,24,31H,3-4,6,9-10,25H2,1-2H3,(H,26,27,28). The van der Waals surface area contributed by atoms with E-state index in [1.807, 2.05) is 0 Å². The number of anilines is 3. The Morgan fingerprint density at radius 3 is 2.91 bits per heavy atom. The molecule has 0 saturated carbocycles. The maximum Gasteiger partial charge on any atom is 0.226 e. The van der Waals surface area contributed by atoms with Gasteiger partial charge in [0.15, 0.2) is 0 Å². The molecule has 3 aromatic rings. The molecule has 1 aromatic carbocycles. The lowest BCUT2D eigenvalue weighted by Crippen LogP contribution is -2.63. The summed E-state index contributed by atoms with van der Waals surface area (Å²) >= 11 is 1.60. The zero-order chi connectivity index (χ0) is 23.3. The first-order valence-electron chi connectivity index (χ1n) is 10.8. The fourth-order valence-electron chi connectivity index (χ4n) is 4.74. The highest BCUT2D eigenvalue weighted by Gasteiger charge is 2.42. The number of carbonyl (C=O) groups excluding carboxylic acids is 1. The van der Waals surface area contributed by atoms with Gasteiger partial charge >= 0.3 is 0 Å². The van der Waals surface area contributed by atoms with Crippen molar-refractivity contribution in [1.29, 1.82) is 5.41 Å². The number of aryl methyl sites for hydroxylation is 1. The first-order chi connectivity index (χ1) is 15.8. The van der Waals surface area contributed by atoms with E-state index < -0.39 is 5.60 Å². The van der Waals surface area contributed by atoms with Crippen LogP contribution in [0.3, 0.4) is 0 Å². The third-order valence-electron chi connectivity index (χ3n) is 6.38. The number of aliphatic hydroxyl groups is 1. The summed E-state index contributed by atoms with van der Waals surface area (Å²) in [6.45, 7) is 2.57. The number of carbonyl (C=O) groups is 1. The molecular weight excluding hydrogens is 440 g/mol. The zero-order valence-electron chi connectivity index (χ0n) is 18.5. The van der Waals surface area contributed by atoms with E-state index >= 15 is 0 Å². The predicted molar refractivity (Wildman–Crippen MR) is 129 cm³/mol. The summed E-state index contributed by atoms with van der Waals surface area (Å²) in [4.78, 5) is 25.7. The van der Waals surface area contributed by atoms with Crippen LogP contribution < -0.4 is 15.8 Å². The van der Waals surface area contributed by atoms with Crippen molar-refractivity contribution in [1.82, 2.24) is 14.9 Å². The van der Waals surface area contributed by atoms with Gasteiger partial charge in [0.25, 0.3) is 0 Å². The molecule has 1 aliphatic heterocycles. The summed E-state index contributed by atoms with van der Waals surface area (Å²) in [5, 5.41) is 21.9. The van der Waals surface area contributed by atoms with E-state index in [0.29, 0.717) is 48.0 Å². The molecule has 3 heterocycles. The fraction of sp³-hybridized carbons (Fsp3) is 0.391. The number of thiophene rings is 1. The van der Waals surface area contributed by atoms with E-state index in [9.17, 15) is 9.90 Å². The molecule has 9 nitrogen and oxygen atoms in total. The molecule has 1 fully saturated rings. The van der Waals surface area contributed by atoms with Crippen molar-refractivity contribution in [3.63, 3.8) is 0 Å². The lowest BCUT2D eigenvalue weighted by Gasteiger charge is -2.45. The number of amides is 1. The first-order valence-corrected chi connectivity index (χ1v) is 11.6. The molecule has 1 aliphatic carbocycles. The molecule has 2 aliphatic rings. The van der Waals surface area contributed by atoms with Crippen molar-refractivity contribution in [2.75, 3.05) is 31.2 Å². The Labute approximate surface area is 195 Å². The number of β-amino-alcohol motifs (C(OH)–C–C–N with tert-alkyl or cyclic N) is 1. The van der Waals surface area contributed by atoms with Crippen LogP contribution in [0.2, 0.25) is 0 Å². The Balaban J connectivity index is 1.45. The molecule has 172 valence electrons. The van der Waals surface area contributed by atoms with Gasteiger partial charge in [0.2, 0.25) is 5.91 Å². The van der Waals surface area contributed by atoms with Gasteiger partial charge in [-0.3, -0.25) is 4.79 Å². The molecule has 5 N–H and O–H groups in total. The molecule has 1 unspecified atom stereocenters. The molecule has 1 atom stereocenters. The summed E-state index contributed by atoms with van der Waals surface area (Å²) in [5.74, 6) is 1.28. The molecule has 10 heteroatoms. The zero-order valence-corrected chi connectivity index (χ0v) is 19.3. The number of ether oxygens (including phenoxy) is 1. The number of hydrogen-bond donors (Lipinski definition) is 4. The number of nitrogens with zero attached hydrogens (tertiary/aromatic N) is 3. The normalized spacial score (nSPS) is 19.0. The molecule has 1 amide bonds. The van der Waals surface area contributed by atoms with Crippen LogP contribution in [-0.2, 0) is 17.6 Å². The molecule has 2 aromatic heterocycles. The van der Waals surface area contributed by atoms with Crippen LogP contribution in [-0.4, -0.2) is 57.9 Å². The molecule has 1 saturated heterocycles. The molecule has 33 heavy (non-hydrogen) atoms. The third kappa shape index (κ3) is 3.79. The highest BCUT2D eigenvalue weighted by Crippen LogP contribution is 2.42. The van der Waals surface area contributed by atoms with E-state index in [1.54, 1.807) is 42.4 Å². The van der Waals surface area contributed by atoms with Crippen molar-refractivity contribution in [3.05, 3.63) is 34.5 Å². The Kier molecular flexibility index (Phi) is 5.21. The molecule has 0 spiro atoms. The van der Waals surface area contributed by atoms with Gasteiger partial charge in [0, 0.05) is 34.3 Å². The van der Waals surface area contributed by atoms with Gasteiger partial charge in [-0.05, 0) is 37.8 Å². The molecular formula is C23H26N6O3S. The van der Waals surface area contributed by atoms with Gasteiger partial charge in [-0.2, -0.15) is 0 Å². The quantitative estimate of drug-likeness (QED) is 0.335. The minimum atomic E-state index is -0.760. The van der Waals surface area contributed by atoms with Crippen molar-refractivity contribution in [2.24, 2.45) is 5.92 Å². The maximum absolute atomic E-state index is 12.9. The van der Waals surface area contributed by atoms with Gasteiger partial charge in [-0.1, -0.05) is 0 Å². The highest BCUT2D eigenvalue weighted by molar-refractivity contribution is 7.19. The lowest BCUT2D eigenvalue weighted by atomic mass is 9.85. The average molecular weight is 467 g/mol. The number of benzene rings is 1. The number of nitrogens with two attached hydrogens (primary N) is 1. The summed E-state index contributed by atoms with van der Waals surface area (Å²) in [6, 6.07) is 3.46. The van der Waals surface area contributed by atoms with E-state index in [4.69, 9.17) is 15.9 Å². The average Bonchev–Trinajstić information content (AvgIpc) is 3.16. The minimum Gasteiger partial charge on any atom is -0.494 e. The van der Waals surface area contributed by atoms with Gasteiger partial charge in [0.05, 0.1) is 36.9 Å². The Hall–Kier alpha value is -3.24. The molecule has 0 bridgehead atoms. The van der Waals surface area contributed by atoms with E-state index in [-0.39, 0.29) is 11.8 Å². The second-order valence-electron chi connectivity index (χ2n) is 8.99. The third-order valence-corrected chi connectivity index (χ3v) is 7.55. The second kappa shape index (κ2) is 7.96. The number of aromatic nitrogens is 2. The Morgan fingerprint density at radius 1 is 1.42 bits per heavy atom. The maximum atomic E-state index is 12.9. The van der Waals surface area contributed by atoms with E-state index in [2.05, 4.69) is 15.3 Å². The van der Waals surface area contributed by atoms with Crippen LogP contribution in [0.4, 0.5) is 17.2 Å². The van der Waals surface area contributed by atoms with Crippen LogP contribution in [0, 0.1) is 11.3 Å². The Morgan fingerprint density at radius 2 is 2.21 bits per heavy atom. The van der Waals surface area contributed by atoms with Gasteiger partial charge in [-0.15, -0.1) is 11.3 Å². The summed E-state index contributed by atoms with van der Waals surface area (Å²) < 4.78 is 5.48. The number of hydrogen-bond acceptors (Lipinski definition) is 9. The van der Waals surface area contributed by atoms with Crippen LogP contribution >= 0.6 is 11.3 Å². The lowest BCUT2D eigenvalue weighted by molar-refractivity contribution is -0.156. The Bertz CT molecular complexity index is 1260. The topological polar surface area (TPSA) is 137 Å². The van der Waals surface area contributed by atoms with E-state index in [1.165, 1.54) is 18.1 Å². The first kappa shape index (κ1) is 21.6. The number of fused-ring (bicyclic) bond motifs is 3. The number of rotatable bonds is 5. The number of nitrogen functional groups attached to an aromatic ring is 1. The van der Waals surface area contributed by atoms with Gasteiger partial charge < -0.3 is 31.2 Å². The number of nitrogens with one attached hydrogen (secondary N) is 2. The fourth-order valence-corrected chi connectivity index (χ4v) is 6.00. The molecule has 0 radical (unpaired) electrons. The summed E-state index contributed by atoms with van der Waals surface area (Å²) in [7, 11) is 1.57. The van der Waals surface area contributed by atoms with Gasteiger partial charge in [0.1, 0.15) is 22.7 Å². The SMILES string of the molecule is COc1cc(N)c(C=N)cc1Nc1ncnc2sc3c(c12)CCC(C(=O)N1CC(C)(O)C1)C3. The second-order valence-corrected chi connectivity index (χ2v) is 10.1. The van der Waals surface area contributed by atoms with Gasteiger partial charge in [-0.25, -0.2) is 9.97 Å². The monoisotopic (exact) mass is 466 g/mol.